The summed E-state index contributed by atoms with van der Waals surface area (Å²) in [6.07, 6.45) is 0.742. The van der Waals surface area contributed by atoms with E-state index in [0.29, 0.717) is 49.1 Å². The molecule has 5 rings (SSSR count). The summed E-state index contributed by atoms with van der Waals surface area (Å²) in [5, 5.41) is 0. The van der Waals surface area contributed by atoms with Gasteiger partial charge < -0.3 is 19.3 Å². The highest BCUT2D eigenvalue weighted by Crippen LogP contribution is 2.63. The Kier molecular flexibility index (Phi) is 11.3. The van der Waals surface area contributed by atoms with Crippen molar-refractivity contribution in [2.45, 2.75) is 108 Å². The fourth-order valence-electron chi connectivity index (χ4n) is 9.39. The van der Waals surface area contributed by atoms with Crippen molar-refractivity contribution in [1.82, 2.24) is 9.80 Å². The predicted molar refractivity (Wildman–Crippen MR) is 172 cm³/mol. The van der Waals surface area contributed by atoms with Crippen molar-refractivity contribution in [1.29, 1.82) is 0 Å². The average molecular weight is 691 g/mol. The molecule has 4 aliphatic rings. The second kappa shape index (κ2) is 14.6. The van der Waals surface area contributed by atoms with Gasteiger partial charge in [-0.15, -0.1) is 0 Å². The van der Waals surface area contributed by atoms with Gasteiger partial charge in [-0.05, 0) is 131 Å². The Morgan fingerprint density at radius 2 is 1.74 bits per heavy atom. The molecule has 0 bridgehead atoms. The summed E-state index contributed by atoms with van der Waals surface area (Å²) in [6.45, 7) is 3.68. The van der Waals surface area contributed by atoms with Crippen LogP contribution in [0, 0.1) is 23.2 Å². The molecule has 0 aromatic heterocycles. The summed E-state index contributed by atoms with van der Waals surface area (Å²) >= 11 is 0. The van der Waals surface area contributed by atoms with E-state index in [9.17, 15) is 31.0 Å². The molecule has 1 unspecified atom stereocenters. The summed E-state index contributed by atoms with van der Waals surface area (Å²) in [4.78, 5) is 17.0. The van der Waals surface area contributed by atoms with E-state index in [2.05, 4.69) is 32.0 Å². The second-order valence-corrected chi connectivity index (χ2v) is 16.5. The number of methoxy groups -OCH3 is 1. The van der Waals surface area contributed by atoms with Crippen molar-refractivity contribution in [3.05, 3.63) is 29.3 Å². The number of halogens is 5. The lowest BCUT2D eigenvalue weighted by Crippen LogP contribution is -2.47. The van der Waals surface area contributed by atoms with Crippen LogP contribution in [-0.4, -0.2) is 90.1 Å². The fourth-order valence-corrected chi connectivity index (χ4v) is 10.5. The molecule has 12 heteroatoms. The van der Waals surface area contributed by atoms with E-state index in [1.165, 1.54) is 11.1 Å². The predicted octanol–water partition coefficient (Wildman–Crippen LogP) is 7.82. The third-order valence-corrected chi connectivity index (χ3v) is 13.4. The van der Waals surface area contributed by atoms with Crippen molar-refractivity contribution < 1.29 is 40.4 Å². The third-order valence-electron chi connectivity index (χ3n) is 12.0. The van der Waals surface area contributed by atoms with Crippen molar-refractivity contribution in [2.24, 2.45) is 23.2 Å². The molecule has 3 fully saturated rings. The number of nitrogens with zero attached hydrogens (tertiary/aromatic N) is 2. The molecular weight excluding hydrogens is 639 g/mol. The summed E-state index contributed by atoms with van der Waals surface area (Å²) in [6, 6.07) is 6.54. The molecule has 0 spiro atoms. The number of rotatable bonds is 11. The summed E-state index contributed by atoms with van der Waals surface area (Å²) in [5.74, 6) is -2.58. The zero-order valence-electron chi connectivity index (χ0n) is 28.1. The molecule has 1 saturated heterocycles. The summed E-state index contributed by atoms with van der Waals surface area (Å²) in [5.41, 5.74) is 2.57. The lowest BCUT2D eigenvalue weighted by molar-refractivity contribution is -0.284. The largest absolute Gasteiger partial charge is 0.453 e. The van der Waals surface area contributed by atoms with Crippen LogP contribution in [-0.2, 0) is 22.0 Å². The van der Waals surface area contributed by atoms with E-state index in [1.807, 2.05) is 12.1 Å². The SMILES string of the molecule is CO[C@H]1CC[C@H]2[C@@H]3[C@H](CCCS(=O)CCCC(F)(F)C(F)(F)F)Cc4cc(OC(=O)N5CCC(N(C)C)CC5)ccc4[C@H]3CC[C@]12C. The number of hydrogen-bond donors (Lipinski definition) is 0. The van der Waals surface area contributed by atoms with Gasteiger partial charge in [0, 0.05) is 55.0 Å². The minimum Gasteiger partial charge on any atom is -0.410 e. The minimum atomic E-state index is -5.58. The first-order valence-corrected chi connectivity index (χ1v) is 18.7. The van der Waals surface area contributed by atoms with Crippen LogP contribution in [0.3, 0.4) is 0 Å². The first-order chi connectivity index (χ1) is 22.1. The highest BCUT2D eigenvalue weighted by molar-refractivity contribution is 7.84. The quantitative estimate of drug-likeness (QED) is 0.222. The second-order valence-electron chi connectivity index (χ2n) is 14.8. The fraction of sp³-hybridized carbons (Fsp3) is 0.800. The topological polar surface area (TPSA) is 59.1 Å². The van der Waals surface area contributed by atoms with Crippen LogP contribution in [0.15, 0.2) is 18.2 Å². The maximum absolute atomic E-state index is 13.3. The Hall–Kier alpha value is -1.79. The van der Waals surface area contributed by atoms with E-state index in [-0.39, 0.29) is 35.0 Å². The van der Waals surface area contributed by atoms with Crippen LogP contribution in [0.5, 0.6) is 5.75 Å². The summed E-state index contributed by atoms with van der Waals surface area (Å²) in [7, 11) is 4.45. The van der Waals surface area contributed by atoms with Crippen LogP contribution in [0.1, 0.15) is 88.2 Å². The Bertz CT molecular complexity index is 1270. The van der Waals surface area contributed by atoms with E-state index in [4.69, 9.17) is 9.47 Å². The number of piperidine rings is 1. The smallest absolute Gasteiger partial charge is 0.410 e. The lowest BCUT2D eigenvalue weighted by atomic mass is 9.52. The van der Waals surface area contributed by atoms with Gasteiger partial charge in [0.05, 0.1) is 6.10 Å². The molecule has 1 aliphatic heterocycles. The number of ether oxygens (including phenoxy) is 2. The molecule has 7 atom stereocenters. The number of alkyl halides is 5. The van der Waals surface area contributed by atoms with Gasteiger partial charge >= 0.3 is 18.2 Å². The first kappa shape index (κ1) is 36.5. The van der Waals surface area contributed by atoms with Crippen molar-refractivity contribution in [3.63, 3.8) is 0 Å². The van der Waals surface area contributed by atoms with Crippen LogP contribution in [0.4, 0.5) is 26.7 Å². The molecule has 0 N–H and O–H groups in total. The molecule has 47 heavy (non-hydrogen) atoms. The number of amides is 1. The zero-order chi connectivity index (χ0) is 34.1. The van der Waals surface area contributed by atoms with Gasteiger partial charge in [-0.25, -0.2) is 4.79 Å². The van der Waals surface area contributed by atoms with Crippen LogP contribution in [0.25, 0.3) is 0 Å². The maximum Gasteiger partial charge on any atom is 0.453 e. The number of benzene rings is 1. The number of fused-ring (bicyclic) bond motifs is 5. The Balaban J connectivity index is 1.26. The molecule has 1 aromatic carbocycles. The highest BCUT2D eigenvalue weighted by atomic mass is 32.2. The van der Waals surface area contributed by atoms with Gasteiger partial charge in [-0.2, -0.15) is 22.0 Å². The molecule has 266 valence electrons. The van der Waals surface area contributed by atoms with Gasteiger partial charge in [-0.1, -0.05) is 13.0 Å². The lowest BCUT2D eigenvalue weighted by Gasteiger charge is -2.53. The maximum atomic E-state index is 13.3. The highest BCUT2D eigenvalue weighted by Gasteiger charge is 2.58. The van der Waals surface area contributed by atoms with Crippen molar-refractivity contribution in [2.75, 3.05) is 45.8 Å². The van der Waals surface area contributed by atoms with Gasteiger partial charge in [-0.3, -0.25) is 4.21 Å². The molecule has 3 aliphatic carbocycles. The van der Waals surface area contributed by atoms with Gasteiger partial charge in [0.25, 0.3) is 0 Å². The van der Waals surface area contributed by atoms with E-state index >= 15 is 0 Å². The molecule has 0 radical (unpaired) electrons. The number of likely N-dealkylation sites (tertiary alicyclic amines) is 1. The first-order valence-electron chi connectivity index (χ1n) is 17.2. The van der Waals surface area contributed by atoms with E-state index in [1.54, 1.807) is 12.0 Å². The van der Waals surface area contributed by atoms with E-state index in [0.717, 1.165) is 51.4 Å². The van der Waals surface area contributed by atoms with Crippen LogP contribution in [0.2, 0.25) is 0 Å². The van der Waals surface area contributed by atoms with Gasteiger partial charge in [0.15, 0.2) is 0 Å². The number of carbonyl (C=O) groups excluding carboxylic acids is 1. The molecular formula is C35H51F5N2O4S. The van der Waals surface area contributed by atoms with E-state index < -0.39 is 35.7 Å². The minimum absolute atomic E-state index is 0.0771. The molecule has 6 nitrogen and oxygen atoms in total. The Labute approximate surface area is 278 Å². The monoisotopic (exact) mass is 690 g/mol. The summed E-state index contributed by atoms with van der Waals surface area (Å²) < 4.78 is 88.7. The number of carbonyl (C=O) groups is 1. The standard InChI is InChI=1S/C35H51F5N2O4S/c1-33-16-12-28-27-9-8-26(46-32(43)42-17-13-25(14-18-42)41(2)3)22-24(27)21-23(31(28)29(33)10-11-30(33)45-4)7-5-19-47(44)20-6-15-34(36,37)35(38,39)40/h8-9,22-23,25,28-31H,5-7,10-21H2,1-4H3/t23-,28-,29+,30+,31-,33+,47?/m1/s1. The number of hydrogen-bond acceptors (Lipinski definition) is 5. The molecule has 1 heterocycles. The zero-order valence-corrected chi connectivity index (χ0v) is 28.9. The normalized spacial score (nSPS) is 30.5. The molecule has 2 saturated carbocycles. The van der Waals surface area contributed by atoms with Gasteiger partial charge in [0.1, 0.15) is 5.75 Å². The Morgan fingerprint density at radius 3 is 2.40 bits per heavy atom. The van der Waals surface area contributed by atoms with Crippen molar-refractivity contribution in [3.8, 4) is 5.75 Å². The molecule has 1 aromatic rings. The Morgan fingerprint density at radius 1 is 1.04 bits per heavy atom. The van der Waals surface area contributed by atoms with Gasteiger partial charge in [0.2, 0.25) is 0 Å². The average Bonchev–Trinajstić information content (AvgIpc) is 3.36. The third kappa shape index (κ3) is 7.84. The van der Waals surface area contributed by atoms with Crippen LogP contribution >= 0.6 is 0 Å². The van der Waals surface area contributed by atoms with Crippen LogP contribution < -0.4 is 4.74 Å². The van der Waals surface area contributed by atoms with Crippen molar-refractivity contribution >= 4 is 16.9 Å². The molecule has 1 amide bonds.